The first-order valence-corrected chi connectivity index (χ1v) is 14.1. The third-order valence-electron chi connectivity index (χ3n) is 6.29. The summed E-state index contributed by atoms with van der Waals surface area (Å²) in [6.07, 6.45) is 1.63. The molecule has 1 heterocycles. The van der Waals surface area contributed by atoms with Crippen LogP contribution in [0.3, 0.4) is 0 Å². The summed E-state index contributed by atoms with van der Waals surface area (Å²) in [4.78, 5) is 15.1. The van der Waals surface area contributed by atoms with Gasteiger partial charge in [-0.2, -0.15) is 5.26 Å². The summed E-state index contributed by atoms with van der Waals surface area (Å²) in [5.74, 6) is 1.87. The monoisotopic (exact) mass is 669 g/mol. The molecule has 5 aromatic rings. The van der Waals surface area contributed by atoms with Crippen LogP contribution in [-0.4, -0.2) is 17.7 Å². The lowest BCUT2D eigenvalue weighted by Crippen LogP contribution is -2.02. The lowest BCUT2D eigenvalue weighted by Gasteiger charge is -2.14. The van der Waals surface area contributed by atoms with Gasteiger partial charge in [-0.1, -0.05) is 60.7 Å². The van der Waals surface area contributed by atoms with Gasteiger partial charge in [-0.15, -0.1) is 0 Å². The fourth-order valence-corrected chi connectivity index (χ4v) is 5.14. The second-order valence-electron chi connectivity index (χ2n) is 9.06. The molecule has 0 atom stereocenters. The first kappa shape index (κ1) is 28.6. The van der Waals surface area contributed by atoms with Crippen LogP contribution in [0.4, 0.5) is 11.6 Å². The fourth-order valence-electron chi connectivity index (χ4n) is 4.35. The van der Waals surface area contributed by atoms with Crippen molar-refractivity contribution in [2.75, 3.05) is 6.61 Å². The number of nitro benzene ring substituents is 1. The van der Waals surface area contributed by atoms with Gasteiger partial charge in [-0.05, 0) is 70.5 Å². The number of furan rings is 1. The Hall–Kier alpha value is -4.95. The predicted octanol–water partition coefficient (Wildman–Crippen LogP) is 8.73. The zero-order valence-corrected chi connectivity index (χ0v) is 24.6. The summed E-state index contributed by atoms with van der Waals surface area (Å²) in [5.41, 5.74) is 4.28. The Labute approximate surface area is 256 Å². The van der Waals surface area contributed by atoms with Crippen molar-refractivity contribution in [3.05, 3.63) is 127 Å². The van der Waals surface area contributed by atoms with Gasteiger partial charge >= 0.3 is 0 Å². The highest BCUT2D eigenvalue weighted by molar-refractivity contribution is 14.1. The molecule has 0 amide bonds. The van der Waals surface area contributed by atoms with E-state index in [0.717, 1.165) is 25.8 Å². The number of hydrogen-bond donors (Lipinski definition) is 0. The molecule has 8 nitrogen and oxygen atoms in total. The number of ether oxygens (including phenoxy) is 2. The van der Waals surface area contributed by atoms with Crippen LogP contribution in [0.1, 0.15) is 23.6 Å². The molecular formula is C33H24IN3O5. The predicted molar refractivity (Wildman–Crippen MR) is 169 cm³/mol. The maximum absolute atomic E-state index is 10.9. The van der Waals surface area contributed by atoms with E-state index in [9.17, 15) is 15.4 Å². The zero-order valence-electron chi connectivity index (χ0n) is 22.5. The van der Waals surface area contributed by atoms with Crippen LogP contribution in [0, 0.1) is 25.0 Å². The number of aliphatic imine (C=N–C) groups is 1. The van der Waals surface area contributed by atoms with E-state index in [1.165, 1.54) is 12.1 Å². The van der Waals surface area contributed by atoms with E-state index >= 15 is 0 Å². The van der Waals surface area contributed by atoms with Gasteiger partial charge < -0.3 is 13.9 Å². The van der Waals surface area contributed by atoms with Gasteiger partial charge in [0.2, 0.25) is 5.88 Å². The number of halogens is 1. The molecule has 0 spiro atoms. The highest BCUT2D eigenvalue weighted by Crippen LogP contribution is 2.42. The topological polar surface area (TPSA) is 111 Å². The summed E-state index contributed by atoms with van der Waals surface area (Å²) in [7, 11) is 0. The van der Waals surface area contributed by atoms with Crippen LogP contribution in [0.2, 0.25) is 0 Å². The van der Waals surface area contributed by atoms with Gasteiger partial charge in [0.1, 0.15) is 24.0 Å². The normalized spacial score (nSPS) is 10.9. The minimum Gasteiger partial charge on any atom is -0.490 e. The van der Waals surface area contributed by atoms with Crippen molar-refractivity contribution in [3.63, 3.8) is 0 Å². The molecule has 0 aliphatic rings. The Balaban J connectivity index is 1.47. The molecule has 0 fully saturated rings. The number of nitrogens with zero attached hydrogens (tertiary/aromatic N) is 3. The van der Waals surface area contributed by atoms with E-state index in [4.69, 9.17) is 13.9 Å². The molecule has 4 aromatic carbocycles. The highest BCUT2D eigenvalue weighted by atomic mass is 127. The SMILES string of the molecule is CCOc1cc(C=Nc2oc(-c3ccccc3)c(-c3ccccc3)c2C#N)cc(I)c1OCc1ccc([N+](=O)[O-])cc1. The van der Waals surface area contributed by atoms with Crippen LogP contribution in [0.15, 0.2) is 106 Å². The number of nitro groups is 1. The van der Waals surface area contributed by atoms with E-state index in [-0.39, 0.29) is 18.2 Å². The summed E-state index contributed by atoms with van der Waals surface area (Å²) < 4.78 is 19.0. The third-order valence-corrected chi connectivity index (χ3v) is 7.09. The van der Waals surface area contributed by atoms with Gasteiger partial charge in [-0.25, -0.2) is 4.99 Å². The molecule has 208 valence electrons. The van der Waals surface area contributed by atoms with Crippen LogP contribution in [-0.2, 0) is 6.61 Å². The maximum atomic E-state index is 10.9. The Bertz CT molecular complexity index is 1780. The second-order valence-corrected chi connectivity index (χ2v) is 10.2. The van der Waals surface area contributed by atoms with E-state index in [0.29, 0.717) is 35.0 Å². The van der Waals surface area contributed by atoms with Crippen LogP contribution in [0.25, 0.3) is 22.5 Å². The van der Waals surface area contributed by atoms with Gasteiger partial charge in [0.05, 0.1) is 15.1 Å². The molecule has 42 heavy (non-hydrogen) atoms. The summed E-state index contributed by atoms with van der Waals surface area (Å²) in [6, 6.07) is 31.5. The van der Waals surface area contributed by atoms with Crippen molar-refractivity contribution >= 4 is 40.4 Å². The van der Waals surface area contributed by atoms with Gasteiger partial charge in [0, 0.05) is 29.5 Å². The van der Waals surface area contributed by atoms with Crippen molar-refractivity contribution in [1.82, 2.24) is 0 Å². The Morgan fingerprint density at radius 2 is 1.64 bits per heavy atom. The molecule has 1 aromatic heterocycles. The standard InChI is InChI=1S/C33H24IN3O5/c1-2-40-29-18-23(17-28(34)32(29)41-21-22-13-15-26(16-14-22)37(38)39)20-36-33-27(19-35)30(24-9-5-3-6-10-24)31(42-33)25-11-7-4-8-12-25/h3-18,20H,2,21H2,1H3. The first-order valence-electron chi connectivity index (χ1n) is 13.0. The Morgan fingerprint density at radius 3 is 2.26 bits per heavy atom. The lowest BCUT2D eigenvalue weighted by molar-refractivity contribution is -0.384. The second kappa shape index (κ2) is 13.1. The zero-order chi connectivity index (χ0) is 29.5. The number of nitriles is 1. The van der Waals surface area contributed by atoms with E-state index in [1.54, 1.807) is 18.3 Å². The molecular weight excluding hydrogens is 645 g/mol. The van der Waals surface area contributed by atoms with Crippen LogP contribution < -0.4 is 9.47 Å². The van der Waals surface area contributed by atoms with Gasteiger partial charge in [-0.3, -0.25) is 10.1 Å². The molecule has 9 heteroatoms. The van der Waals surface area contributed by atoms with E-state index in [2.05, 4.69) is 33.7 Å². The summed E-state index contributed by atoms with van der Waals surface area (Å²) >= 11 is 2.17. The molecule has 0 bridgehead atoms. The number of benzene rings is 4. The molecule has 0 aliphatic carbocycles. The largest absolute Gasteiger partial charge is 0.490 e. The van der Waals surface area contributed by atoms with Crippen molar-refractivity contribution in [2.24, 2.45) is 4.99 Å². The number of non-ortho nitro benzene ring substituents is 1. The molecule has 0 N–H and O–H groups in total. The Kier molecular flexibility index (Phi) is 8.94. The highest BCUT2D eigenvalue weighted by Gasteiger charge is 2.22. The first-order chi connectivity index (χ1) is 20.5. The molecule has 0 radical (unpaired) electrons. The number of hydrogen-bond acceptors (Lipinski definition) is 7. The van der Waals surface area contributed by atoms with Crippen molar-refractivity contribution in [3.8, 4) is 40.0 Å². The van der Waals surface area contributed by atoms with Crippen LogP contribution >= 0.6 is 22.6 Å². The molecule has 5 rings (SSSR count). The smallest absolute Gasteiger partial charge is 0.269 e. The average Bonchev–Trinajstić information content (AvgIpc) is 3.39. The van der Waals surface area contributed by atoms with Crippen molar-refractivity contribution in [2.45, 2.75) is 13.5 Å². The Morgan fingerprint density at radius 1 is 0.976 bits per heavy atom. The van der Waals surface area contributed by atoms with Gasteiger partial charge in [0.15, 0.2) is 11.5 Å². The summed E-state index contributed by atoms with van der Waals surface area (Å²) in [5, 5.41) is 21.1. The maximum Gasteiger partial charge on any atom is 0.269 e. The average molecular weight is 669 g/mol. The van der Waals surface area contributed by atoms with Crippen molar-refractivity contribution < 1.29 is 18.8 Å². The number of rotatable bonds is 10. The minimum atomic E-state index is -0.436. The minimum absolute atomic E-state index is 0.0230. The van der Waals surface area contributed by atoms with Crippen molar-refractivity contribution in [1.29, 1.82) is 5.26 Å². The van der Waals surface area contributed by atoms with E-state index in [1.807, 2.05) is 79.7 Å². The summed E-state index contributed by atoms with van der Waals surface area (Å²) in [6.45, 7) is 2.51. The quantitative estimate of drug-likeness (QED) is 0.0637. The van der Waals surface area contributed by atoms with Crippen LogP contribution in [0.5, 0.6) is 11.5 Å². The molecule has 0 saturated carbocycles. The third kappa shape index (κ3) is 6.34. The fraction of sp³-hybridized carbons (Fsp3) is 0.0909. The molecule has 0 saturated heterocycles. The molecule has 0 aliphatic heterocycles. The van der Waals surface area contributed by atoms with Gasteiger partial charge in [0.25, 0.3) is 5.69 Å². The lowest BCUT2D eigenvalue weighted by atomic mass is 9.98. The van der Waals surface area contributed by atoms with E-state index < -0.39 is 4.92 Å². The molecule has 0 unspecified atom stereocenters.